The van der Waals surface area contributed by atoms with E-state index in [1.54, 1.807) is 17.5 Å². The second kappa shape index (κ2) is 4.83. The van der Waals surface area contributed by atoms with Crippen LogP contribution in [0.15, 0.2) is 21.7 Å². The Morgan fingerprint density at radius 3 is 3.00 bits per heavy atom. The maximum atomic E-state index is 12.2. The van der Waals surface area contributed by atoms with Crippen molar-refractivity contribution in [3.05, 3.63) is 17.5 Å². The van der Waals surface area contributed by atoms with Gasteiger partial charge in [0.2, 0.25) is 0 Å². The Balaban J connectivity index is 2.18. The summed E-state index contributed by atoms with van der Waals surface area (Å²) < 4.78 is 26.2. The van der Waals surface area contributed by atoms with Crippen molar-refractivity contribution >= 4 is 21.4 Å². The molecule has 1 saturated heterocycles. The third-order valence-corrected chi connectivity index (χ3v) is 6.07. The summed E-state index contributed by atoms with van der Waals surface area (Å²) in [5, 5.41) is 10.9. The minimum atomic E-state index is -3.32. The number of rotatable bonds is 3. The van der Waals surface area contributed by atoms with Gasteiger partial charge in [-0.2, -0.15) is 4.31 Å². The molecular formula is C10H15NO3S2. The van der Waals surface area contributed by atoms with Crippen LogP contribution in [-0.2, 0) is 10.0 Å². The fourth-order valence-corrected chi connectivity index (χ4v) is 4.63. The van der Waals surface area contributed by atoms with Crippen molar-refractivity contribution < 1.29 is 13.5 Å². The lowest BCUT2D eigenvalue weighted by Gasteiger charge is -2.30. The van der Waals surface area contributed by atoms with E-state index < -0.39 is 10.0 Å². The van der Waals surface area contributed by atoms with E-state index in [4.69, 9.17) is 5.11 Å². The van der Waals surface area contributed by atoms with Crippen LogP contribution in [0.2, 0.25) is 0 Å². The normalized spacial score (nSPS) is 23.4. The minimum Gasteiger partial charge on any atom is -0.396 e. The van der Waals surface area contributed by atoms with Crippen LogP contribution in [0, 0.1) is 5.92 Å². The molecule has 1 fully saturated rings. The Morgan fingerprint density at radius 2 is 2.38 bits per heavy atom. The number of aliphatic hydroxyl groups excluding tert-OH is 1. The van der Waals surface area contributed by atoms with E-state index in [0.29, 0.717) is 17.3 Å². The molecule has 0 radical (unpaired) electrons. The van der Waals surface area contributed by atoms with Crippen molar-refractivity contribution in [1.82, 2.24) is 4.31 Å². The zero-order valence-corrected chi connectivity index (χ0v) is 10.5. The summed E-state index contributed by atoms with van der Waals surface area (Å²) in [5.74, 6) is 0.0866. The van der Waals surface area contributed by atoms with Crippen molar-refractivity contribution in [3.63, 3.8) is 0 Å². The average Bonchev–Trinajstić information content (AvgIpc) is 2.83. The van der Waals surface area contributed by atoms with E-state index in [0.717, 1.165) is 12.8 Å². The Bertz CT molecular complexity index is 427. The predicted molar refractivity (Wildman–Crippen MR) is 62.9 cm³/mol. The molecule has 1 unspecified atom stereocenters. The molecule has 0 spiro atoms. The second-order valence-corrected chi connectivity index (χ2v) is 7.10. The monoisotopic (exact) mass is 261 g/mol. The second-order valence-electron chi connectivity index (χ2n) is 3.99. The number of aliphatic hydroxyl groups is 1. The highest BCUT2D eigenvalue weighted by molar-refractivity contribution is 7.91. The zero-order valence-electron chi connectivity index (χ0n) is 8.87. The van der Waals surface area contributed by atoms with E-state index >= 15 is 0 Å². The largest absolute Gasteiger partial charge is 0.396 e. The van der Waals surface area contributed by atoms with Crippen LogP contribution in [-0.4, -0.2) is 37.5 Å². The van der Waals surface area contributed by atoms with Crippen molar-refractivity contribution in [2.75, 3.05) is 19.7 Å². The molecule has 0 aliphatic carbocycles. The summed E-state index contributed by atoms with van der Waals surface area (Å²) >= 11 is 1.24. The van der Waals surface area contributed by atoms with E-state index in [-0.39, 0.29) is 12.5 Å². The van der Waals surface area contributed by atoms with E-state index in [1.165, 1.54) is 15.6 Å². The highest BCUT2D eigenvalue weighted by atomic mass is 32.2. The van der Waals surface area contributed by atoms with E-state index in [9.17, 15) is 8.42 Å². The van der Waals surface area contributed by atoms with Crippen LogP contribution in [0.1, 0.15) is 12.8 Å². The molecule has 16 heavy (non-hydrogen) atoms. The van der Waals surface area contributed by atoms with Gasteiger partial charge in [0.05, 0.1) is 0 Å². The number of piperidine rings is 1. The van der Waals surface area contributed by atoms with Crippen molar-refractivity contribution in [2.45, 2.75) is 17.1 Å². The number of thiophene rings is 1. The molecular weight excluding hydrogens is 246 g/mol. The Hall–Kier alpha value is -0.430. The third-order valence-electron chi connectivity index (χ3n) is 2.83. The summed E-state index contributed by atoms with van der Waals surface area (Å²) in [5.41, 5.74) is 0. The highest BCUT2D eigenvalue weighted by Gasteiger charge is 2.30. The van der Waals surface area contributed by atoms with Crippen LogP contribution in [0.25, 0.3) is 0 Å². The van der Waals surface area contributed by atoms with Gasteiger partial charge in [0.25, 0.3) is 10.0 Å². The first-order chi connectivity index (χ1) is 7.64. The molecule has 0 saturated carbocycles. The number of sulfonamides is 1. The molecule has 0 bridgehead atoms. The summed E-state index contributed by atoms with van der Waals surface area (Å²) in [4.78, 5) is 0. The molecule has 1 aromatic rings. The number of hydrogen-bond acceptors (Lipinski definition) is 4. The van der Waals surface area contributed by atoms with E-state index in [2.05, 4.69) is 0 Å². The fraction of sp³-hybridized carbons (Fsp3) is 0.600. The van der Waals surface area contributed by atoms with Gasteiger partial charge < -0.3 is 5.11 Å². The van der Waals surface area contributed by atoms with Gasteiger partial charge in [-0.15, -0.1) is 11.3 Å². The summed E-state index contributed by atoms with van der Waals surface area (Å²) in [6.45, 7) is 1.07. The Morgan fingerprint density at radius 1 is 1.56 bits per heavy atom. The van der Waals surface area contributed by atoms with Gasteiger partial charge >= 0.3 is 0 Å². The Labute approximate surface area is 99.6 Å². The van der Waals surface area contributed by atoms with Crippen LogP contribution in [0.3, 0.4) is 0 Å². The molecule has 0 amide bonds. The van der Waals surface area contributed by atoms with Gasteiger partial charge in [0.15, 0.2) is 0 Å². The first kappa shape index (κ1) is 12.0. The molecule has 2 rings (SSSR count). The number of hydrogen-bond donors (Lipinski definition) is 1. The van der Waals surface area contributed by atoms with Gasteiger partial charge in [-0.25, -0.2) is 8.42 Å². The van der Waals surface area contributed by atoms with Crippen LogP contribution < -0.4 is 0 Å². The molecule has 1 atom stereocenters. The number of nitrogens with zero attached hydrogens (tertiary/aromatic N) is 1. The molecule has 6 heteroatoms. The van der Waals surface area contributed by atoms with Gasteiger partial charge in [-0.05, 0) is 30.2 Å². The van der Waals surface area contributed by atoms with Crippen molar-refractivity contribution in [2.24, 2.45) is 5.92 Å². The first-order valence-corrected chi connectivity index (χ1v) is 7.61. The molecule has 0 aromatic carbocycles. The lowest BCUT2D eigenvalue weighted by molar-refractivity contribution is 0.165. The fourth-order valence-electron chi connectivity index (χ4n) is 1.93. The predicted octanol–water partition coefficient (Wildman–Crippen LogP) is 1.14. The smallest absolute Gasteiger partial charge is 0.252 e. The third kappa shape index (κ3) is 2.29. The van der Waals surface area contributed by atoms with Gasteiger partial charge in [-0.3, -0.25) is 0 Å². The van der Waals surface area contributed by atoms with Crippen LogP contribution in [0.5, 0.6) is 0 Å². The zero-order chi connectivity index (χ0) is 11.6. The first-order valence-electron chi connectivity index (χ1n) is 5.29. The molecule has 2 heterocycles. The average molecular weight is 261 g/mol. The quantitative estimate of drug-likeness (QED) is 0.887. The summed E-state index contributed by atoms with van der Waals surface area (Å²) in [6, 6.07) is 3.37. The lowest BCUT2D eigenvalue weighted by Crippen LogP contribution is -2.40. The topological polar surface area (TPSA) is 57.6 Å². The van der Waals surface area contributed by atoms with Gasteiger partial charge in [-0.1, -0.05) is 6.07 Å². The standard InChI is InChI=1S/C10H15NO3S2/c12-8-9-3-1-5-11(7-9)16(13,14)10-4-2-6-15-10/h2,4,6,9,12H,1,3,5,7-8H2. The maximum absolute atomic E-state index is 12.2. The molecule has 1 aromatic heterocycles. The van der Waals surface area contributed by atoms with Crippen LogP contribution in [0.4, 0.5) is 0 Å². The maximum Gasteiger partial charge on any atom is 0.252 e. The van der Waals surface area contributed by atoms with Crippen molar-refractivity contribution in [1.29, 1.82) is 0 Å². The summed E-state index contributed by atoms with van der Waals surface area (Å²) in [6.07, 6.45) is 1.74. The molecule has 1 aliphatic rings. The van der Waals surface area contributed by atoms with Crippen molar-refractivity contribution in [3.8, 4) is 0 Å². The lowest BCUT2D eigenvalue weighted by atomic mass is 10.0. The Kier molecular flexibility index (Phi) is 3.63. The highest BCUT2D eigenvalue weighted by Crippen LogP contribution is 2.25. The molecule has 1 N–H and O–H groups in total. The molecule has 1 aliphatic heterocycles. The van der Waals surface area contributed by atoms with E-state index in [1.807, 2.05) is 0 Å². The SMILES string of the molecule is O=S(=O)(c1cccs1)N1CCCC(CO)C1. The van der Waals surface area contributed by atoms with Gasteiger partial charge in [0, 0.05) is 19.7 Å². The van der Waals surface area contributed by atoms with Gasteiger partial charge in [0.1, 0.15) is 4.21 Å². The molecule has 90 valence electrons. The van der Waals surface area contributed by atoms with Crippen LogP contribution >= 0.6 is 11.3 Å². The molecule has 4 nitrogen and oxygen atoms in total. The summed E-state index contributed by atoms with van der Waals surface area (Å²) in [7, 11) is -3.32. The minimum absolute atomic E-state index is 0.0659.